The quantitative estimate of drug-likeness (QED) is 0.623. The van der Waals surface area contributed by atoms with E-state index in [1.54, 1.807) is 66.9 Å². The number of carbonyl (C=O) groups excluding carboxylic acids is 1. The molecule has 0 spiro atoms. The molecule has 0 saturated heterocycles. The highest BCUT2D eigenvalue weighted by Crippen LogP contribution is 2.33. The van der Waals surface area contributed by atoms with Crippen molar-refractivity contribution in [2.75, 3.05) is 5.32 Å². The molecule has 0 fully saturated rings. The van der Waals surface area contributed by atoms with Crippen molar-refractivity contribution in [3.05, 3.63) is 89.5 Å². The predicted octanol–water partition coefficient (Wildman–Crippen LogP) is 3.70. The van der Waals surface area contributed by atoms with Crippen molar-refractivity contribution in [3.63, 3.8) is 0 Å². The van der Waals surface area contributed by atoms with Crippen molar-refractivity contribution in [1.29, 1.82) is 0 Å². The van der Waals surface area contributed by atoms with Crippen LogP contribution in [0.2, 0.25) is 0 Å². The first-order chi connectivity index (χ1) is 13.1. The maximum Gasteiger partial charge on any atom is 0.278 e. The first-order valence-corrected chi connectivity index (χ1v) is 8.43. The zero-order valence-corrected chi connectivity index (χ0v) is 14.3. The number of hydrazone groups is 1. The lowest BCUT2D eigenvalue weighted by molar-refractivity contribution is 0.0691. The van der Waals surface area contributed by atoms with E-state index in [0.717, 1.165) is 16.8 Å². The molecule has 3 aromatic rings. The van der Waals surface area contributed by atoms with Crippen LogP contribution < -0.4 is 5.32 Å². The van der Waals surface area contributed by atoms with Crippen LogP contribution in [-0.4, -0.2) is 27.3 Å². The summed E-state index contributed by atoms with van der Waals surface area (Å²) in [5.74, 6) is 0.0941. The summed E-state index contributed by atoms with van der Waals surface area (Å²) in [7, 11) is 0. The topological polar surface area (TPSA) is 85.2 Å². The van der Waals surface area contributed by atoms with Gasteiger partial charge in [0.15, 0.2) is 6.17 Å². The number of aromatic hydroxyl groups is 2. The molecule has 0 radical (unpaired) electrons. The lowest BCUT2D eigenvalue weighted by atomic mass is 10.0. The van der Waals surface area contributed by atoms with Gasteiger partial charge in [-0.05, 0) is 59.7 Å². The van der Waals surface area contributed by atoms with Crippen LogP contribution in [0, 0.1) is 0 Å². The Hall–Kier alpha value is -3.80. The second-order valence-electron chi connectivity index (χ2n) is 6.17. The third kappa shape index (κ3) is 3.32. The molecule has 0 aromatic heterocycles. The van der Waals surface area contributed by atoms with Gasteiger partial charge >= 0.3 is 0 Å². The Kier molecular flexibility index (Phi) is 4.22. The SMILES string of the molecule is O=C1c2ccccc2N[C@@H](c2ccc(O)cc2)N1/N=C\c1ccc(O)cc1. The van der Waals surface area contributed by atoms with Crippen LogP contribution in [0.1, 0.15) is 27.7 Å². The molecular weight excluding hydrogens is 342 g/mol. The van der Waals surface area contributed by atoms with Crippen LogP contribution in [0.25, 0.3) is 0 Å². The van der Waals surface area contributed by atoms with E-state index in [9.17, 15) is 15.0 Å². The van der Waals surface area contributed by atoms with E-state index < -0.39 is 6.17 Å². The number of anilines is 1. The van der Waals surface area contributed by atoms with Gasteiger partial charge in [0.25, 0.3) is 5.91 Å². The van der Waals surface area contributed by atoms with E-state index in [0.29, 0.717) is 5.56 Å². The molecule has 3 N–H and O–H groups in total. The summed E-state index contributed by atoms with van der Waals surface area (Å²) in [5.41, 5.74) is 2.81. The van der Waals surface area contributed by atoms with E-state index in [4.69, 9.17) is 0 Å². The largest absolute Gasteiger partial charge is 0.508 e. The molecule has 6 nitrogen and oxygen atoms in total. The summed E-state index contributed by atoms with van der Waals surface area (Å²) in [4.78, 5) is 13.0. The molecule has 1 heterocycles. The van der Waals surface area contributed by atoms with Crippen molar-refractivity contribution in [2.24, 2.45) is 5.10 Å². The lowest BCUT2D eigenvalue weighted by Crippen LogP contribution is -2.39. The molecule has 0 bridgehead atoms. The van der Waals surface area contributed by atoms with Crippen LogP contribution in [-0.2, 0) is 0 Å². The monoisotopic (exact) mass is 359 g/mol. The van der Waals surface area contributed by atoms with Crippen LogP contribution in [0.3, 0.4) is 0 Å². The summed E-state index contributed by atoms with van der Waals surface area (Å²) < 4.78 is 0. The molecule has 3 aromatic carbocycles. The standard InChI is InChI=1S/C21H17N3O3/c25-16-9-5-14(6-10-16)13-22-24-20(15-7-11-17(26)12-8-15)23-19-4-2-1-3-18(19)21(24)27/h1-13,20,23,25-26H/b22-13-/t20-/m1/s1. The highest BCUT2D eigenvalue weighted by atomic mass is 16.3. The molecule has 4 rings (SSSR count). The molecular formula is C21H17N3O3. The number of nitrogens with one attached hydrogen (secondary N) is 1. The summed E-state index contributed by atoms with van der Waals surface area (Å²) in [6.45, 7) is 0. The average Bonchev–Trinajstić information content (AvgIpc) is 2.69. The number of hydrogen-bond acceptors (Lipinski definition) is 5. The number of fused-ring (bicyclic) bond motifs is 1. The Morgan fingerprint density at radius 3 is 2.22 bits per heavy atom. The molecule has 134 valence electrons. The predicted molar refractivity (Wildman–Crippen MR) is 103 cm³/mol. The number of para-hydroxylation sites is 1. The Balaban J connectivity index is 1.73. The molecule has 0 unspecified atom stereocenters. The minimum Gasteiger partial charge on any atom is -0.508 e. The number of benzene rings is 3. The van der Waals surface area contributed by atoms with E-state index in [2.05, 4.69) is 10.4 Å². The van der Waals surface area contributed by atoms with Crippen LogP contribution >= 0.6 is 0 Å². The fourth-order valence-corrected chi connectivity index (χ4v) is 2.93. The van der Waals surface area contributed by atoms with Gasteiger partial charge in [0, 0.05) is 5.69 Å². The molecule has 6 heteroatoms. The van der Waals surface area contributed by atoms with Gasteiger partial charge in [-0.15, -0.1) is 0 Å². The van der Waals surface area contributed by atoms with Crippen LogP contribution in [0.15, 0.2) is 77.9 Å². The Bertz CT molecular complexity index is 998. The fourth-order valence-electron chi connectivity index (χ4n) is 2.93. The number of carbonyl (C=O) groups is 1. The molecule has 1 aliphatic heterocycles. The van der Waals surface area contributed by atoms with E-state index in [1.165, 1.54) is 5.01 Å². The summed E-state index contributed by atoms with van der Waals surface area (Å²) in [6, 6.07) is 20.5. The molecule has 0 aliphatic carbocycles. The first-order valence-electron chi connectivity index (χ1n) is 8.43. The van der Waals surface area contributed by atoms with Crippen molar-refractivity contribution >= 4 is 17.8 Å². The van der Waals surface area contributed by atoms with Crippen LogP contribution in [0.5, 0.6) is 11.5 Å². The van der Waals surface area contributed by atoms with Crippen molar-refractivity contribution in [1.82, 2.24) is 5.01 Å². The molecule has 1 aliphatic rings. The Morgan fingerprint density at radius 1 is 0.889 bits per heavy atom. The summed E-state index contributed by atoms with van der Waals surface area (Å²) in [6.07, 6.45) is 1.06. The Labute approximate surface area is 156 Å². The lowest BCUT2D eigenvalue weighted by Gasteiger charge is -2.34. The highest BCUT2D eigenvalue weighted by molar-refractivity contribution is 6.02. The third-order valence-corrected chi connectivity index (χ3v) is 4.34. The van der Waals surface area contributed by atoms with Crippen molar-refractivity contribution in [2.45, 2.75) is 6.17 Å². The summed E-state index contributed by atoms with van der Waals surface area (Å²) in [5, 5.41) is 28.1. The van der Waals surface area contributed by atoms with E-state index in [-0.39, 0.29) is 17.4 Å². The number of nitrogens with zero attached hydrogens (tertiary/aromatic N) is 2. The van der Waals surface area contributed by atoms with Crippen LogP contribution in [0.4, 0.5) is 5.69 Å². The molecule has 27 heavy (non-hydrogen) atoms. The minimum atomic E-state index is -0.513. The second kappa shape index (κ2) is 6.84. The molecule has 1 atom stereocenters. The summed E-state index contributed by atoms with van der Waals surface area (Å²) >= 11 is 0. The number of phenolic OH excluding ortho intramolecular Hbond substituents is 2. The third-order valence-electron chi connectivity index (χ3n) is 4.34. The van der Waals surface area contributed by atoms with Crippen molar-refractivity contribution in [3.8, 4) is 11.5 Å². The van der Waals surface area contributed by atoms with Gasteiger partial charge in [0.05, 0.1) is 11.8 Å². The first kappa shape index (κ1) is 16.7. The smallest absolute Gasteiger partial charge is 0.278 e. The fraction of sp³-hybridized carbons (Fsp3) is 0.0476. The highest BCUT2D eigenvalue weighted by Gasteiger charge is 2.32. The number of hydrogen-bond donors (Lipinski definition) is 3. The van der Waals surface area contributed by atoms with E-state index >= 15 is 0 Å². The maximum absolute atomic E-state index is 13.0. The van der Waals surface area contributed by atoms with E-state index in [1.807, 2.05) is 12.1 Å². The van der Waals surface area contributed by atoms with Gasteiger partial charge < -0.3 is 15.5 Å². The molecule has 0 saturated carbocycles. The zero-order valence-electron chi connectivity index (χ0n) is 14.3. The van der Waals surface area contributed by atoms with Crippen molar-refractivity contribution < 1.29 is 15.0 Å². The normalized spacial score (nSPS) is 16.2. The Morgan fingerprint density at radius 2 is 1.52 bits per heavy atom. The zero-order chi connectivity index (χ0) is 18.8. The van der Waals surface area contributed by atoms with Gasteiger partial charge in [-0.25, -0.2) is 5.01 Å². The van der Waals surface area contributed by atoms with Gasteiger partial charge in [-0.1, -0.05) is 24.3 Å². The number of rotatable bonds is 3. The van der Waals surface area contributed by atoms with Gasteiger partial charge in [-0.2, -0.15) is 5.10 Å². The van der Waals surface area contributed by atoms with Gasteiger partial charge in [0.2, 0.25) is 0 Å². The average molecular weight is 359 g/mol. The second-order valence-corrected chi connectivity index (χ2v) is 6.17. The van der Waals surface area contributed by atoms with Gasteiger partial charge in [-0.3, -0.25) is 4.79 Å². The maximum atomic E-state index is 13.0. The minimum absolute atomic E-state index is 0.153. The van der Waals surface area contributed by atoms with Gasteiger partial charge in [0.1, 0.15) is 11.5 Å². The molecule has 1 amide bonds. The number of phenols is 2. The number of amides is 1.